The van der Waals surface area contributed by atoms with Gasteiger partial charge in [-0.15, -0.1) is 0 Å². The van der Waals surface area contributed by atoms with Crippen molar-refractivity contribution in [2.75, 3.05) is 26.4 Å². The Labute approximate surface area is 379 Å². The van der Waals surface area contributed by atoms with E-state index in [0.29, 0.717) is 68.4 Å². The molecule has 0 aromatic carbocycles. The van der Waals surface area contributed by atoms with Gasteiger partial charge in [-0.3, -0.25) is 23.7 Å². The van der Waals surface area contributed by atoms with Gasteiger partial charge in [0, 0.05) is 43.8 Å². The van der Waals surface area contributed by atoms with Crippen LogP contribution in [0, 0.1) is 91.2 Å². The lowest BCUT2D eigenvalue weighted by Crippen LogP contribution is -2.68. The van der Waals surface area contributed by atoms with E-state index in [1.165, 1.54) is 38.5 Å². The van der Waals surface area contributed by atoms with E-state index in [1.54, 1.807) is 13.3 Å². The van der Waals surface area contributed by atoms with Crippen LogP contribution in [0.1, 0.15) is 165 Å². The van der Waals surface area contributed by atoms with E-state index < -0.39 is 24.7 Å². The minimum Gasteiger partial charge on any atom is -0.481 e. The Morgan fingerprint density at radius 3 is 1.95 bits per heavy atom. The van der Waals surface area contributed by atoms with Crippen LogP contribution >= 0.6 is 7.37 Å². The number of esters is 1. The number of carboxylic acid groups (broad SMARTS) is 1. The summed E-state index contributed by atoms with van der Waals surface area (Å²) >= 11 is 0. The van der Waals surface area contributed by atoms with Gasteiger partial charge in [0.2, 0.25) is 11.8 Å². The van der Waals surface area contributed by atoms with Crippen LogP contribution in [-0.4, -0.2) is 78.4 Å². The van der Waals surface area contributed by atoms with Crippen molar-refractivity contribution in [1.82, 2.24) is 10.2 Å². The molecule has 11 heteroatoms. The van der Waals surface area contributed by atoms with Gasteiger partial charge in [0.05, 0.1) is 23.4 Å². The summed E-state index contributed by atoms with van der Waals surface area (Å²) in [6.07, 6.45) is 15.6. The van der Waals surface area contributed by atoms with Crippen molar-refractivity contribution in [2.45, 2.75) is 183 Å². The van der Waals surface area contributed by atoms with Crippen LogP contribution in [0.3, 0.4) is 0 Å². The molecule has 0 spiro atoms. The maximum absolute atomic E-state index is 15.2. The number of nitrogens with one attached hydrogen (secondary N) is 1. The van der Waals surface area contributed by atoms with E-state index in [9.17, 15) is 24.1 Å². The van der Waals surface area contributed by atoms with E-state index in [0.717, 1.165) is 44.4 Å². The molecule has 0 radical (unpaired) electrons. The molecule has 8 saturated carbocycles. The van der Waals surface area contributed by atoms with Gasteiger partial charge < -0.3 is 24.6 Å². The number of hydrogen-bond donors (Lipinski definition) is 2. The number of piperidine rings is 1. The third-order valence-corrected chi connectivity index (χ3v) is 23.0. The highest BCUT2D eigenvalue weighted by molar-refractivity contribution is 7.57. The van der Waals surface area contributed by atoms with Crippen molar-refractivity contribution in [3.8, 4) is 0 Å². The van der Waals surface area contributed by atoms with Crippen LogP contribution in [0.5, 0.6) is 0 Å². The Morgan fingerprint density at radius 1 is 0.667 bits per heavy atom. The number of rotatable bonds is 9. The van der Waals surface area contributed by atoms with E-state index >= 15 is 4.79 Å². The summed E-state index contributed by atoms with van der Waals surface area (Å²) in [6, 6.07) is -0.0164. The predicted molar refractivity (Wildman–Crippen MR) is 244 cm³/mol. The number of carboxylic acids is 1. The zero-order valence-electron chi connectivity index (χ0n) is 40.9. The van der Waals surface area contributed by atoms with Gasteiger partial charge in [-0.25, -0.2) is 0 Å². The number of likely N-dealkylation sites (tertiary alicyclic amines) is 1. The molecule has 2 amide bonds. The summed E-state index contributed by atoms with van der Waals surface area (Å²) in [6.45, 7) is 25.4. The van der Waals surface area contributed by atoms with E-state index in [4.69, 9.17) is 9.26 Å². The average molecular weight is 895 g/mol. The van der Waals surface area contributed by atoms with Crippen molar-refractivity contribution in [1.29, 1.82) is 0 Å². The number of aliphatic carboxylic acids is 1. The summed E-state index contributed by atoms with van der Waals surface area (Å²) in [5.74, 6) is 1.74. The largest absolute Gasteiger partial charge is 0.481 e. The van der Waals surface area contributed by atoms with Crippen molar-refractivity contribution in [3.63, 3.8) is 0 Å². The highest BCUT2D eigenvalue weighted by atomic mass is 31.2. The van der Waals surface area contributed by atoms with Crippen LogP contribution in [0.25, 0.3) is 0 Å². The highest BCUT2D eigenvalue weighted by Crippen LogP contribution is 2.78. The first-order valence-corrected chi connectivity index (χ1v) is 28.0. The number of ether oxygens (including phenoxy) is 1. The van der Waals surface area contributed by atoms with E-state index in [2.05, 4.69) is 53.8 Å². The number of amides is 2. The summed E-state index contributed by atoms with van der Waals surface area (Å²) in [4.78, 5) is 56.7. The molecular formula is C52H83N2O8P. The zero-order valence-corrected chi connectivity index (χ0v) is 41.7. The van der Waals surface area contributed by atoms with Crippen LogP contribution in [0.2, 0.25) is 0 Å². The number of hydrogen-bond acceptors (Lipinski definition) is 7. The molecule has 1 heterocycles. The van der Waals surface area contributed by atoms with Crippen LogP contribution < -0.4 is 5.32 Å². The quantitative estimate of drug-likeness (QED) is 0.172. The molecule has 9 rings (SSSR count). The molecule has 0 bridgehead atoms. The van der Waals surface area contributed by atoms with E-state index in [1.807, 2.05) is 18.7 Å². The Kier molecular flexibility index (Phi) is 11.0. The van der Waals surface area contributed by atoms with Crippen molar-refractivity contribution in [2.24, 2.45) is 91.2 Å². The van der Waals surface area contributed by atoms with Gasteiger partial charge in [0.1, 0.15) is 6.10 Å². The van der Waals surface area contributed by atoms with Crippen molar-refractivity contribution >= 4 is 31.1 Å². The normalized spacial score (nSPS) is 46.1. The van der Waals surface area contributed by atoms with E-state index in [-0.39, 0.29) is 80.4 Å². The molecule has 2 N–H and O–H groups in total. The van der Waals surface area contributed by atoms with Gasteiger partial charge in [0.15, 0.2) is 7.37 Å². The summed E-state index contributed by atoms with van der Waals surface area (Å²) < 4.78 is 24.6. The molecule has 63 heavy (non-hydrogen) atoms. The SMILES string of the molecule is CC1(C)[C@@H](C(=O)N2CCC(OP(C)(C)=O)CC2)C[C@H]1NC(=O)[C@]12CC[C@@H](C3CC3)[C@@H]1[C@H]1CC[C@@H]3[C@@]4(C)CC[C@H](OC(=O)[C@H]5C[C@@H](C(=O)O)C5(C)C)C(C)(C)[C@@H]4CC[C@@]3(C)[C@]1(C)CC2. The molecule has 0 aromatic rings. The number of carbonyl (C=O) groups excluding carboxylic acids is 3. The zero-order chi connectivity index (χ0) is 45.7. The Balaban J connectivity index is 0.891. The summed E-state index contributed by atoms with van der Waals surface area (Å²) in [5.41, 5.74) is -1.04. The van der Waals surface area contributed by atoms with Gasteiger partial charge in [-0.2, -0.15) is 0 Å². The molecular weight excluding hydrogens is 812 g/mol. The lowest BCUT2D eigenvalue weighted by atomic mass is 9.32. The first-order chi connectivity index (χ1) is 29.2. The number of carbonyl (C=O) groups is 4. The standard InChI is InChI=1S/C52H83N2O8P/c1-46(2)35(43(56)57)28-36(46)44(58)61-40-18-21-49(7)37(48(40,5)6)17-22-51(9)38(49)15-14-33-41-32(30-12-13-30)16-23-52(41,25-24-50(33,51)8)45(59)53-39-29-34(47(39,3)4)42(55)54-26-19-31(20-27-54)62-63(10,11)60/h30-41H,12-29H2,1-11H3,(H,53,59)(H,56,57)/t32-,33+,34+,35-,36+,37-,38+,39+,40-,41+,49-,50+,51+,52-/m0/s1. The topological polar surface area (TPSA) is 139 Å². The van der Waals surface area contributed by atoms with Crippen LogP contribution in [-0.2, 0) is 33.0 Å². The number of fused-ring (bicyclic) bond motifs is 7. The maximum atomic E-state index is 15.2. The third-order valence-electron chi connectivity index (χ3n) is 22.2. The molecule has 1 aliphatic heterocycles. The van der Waals surface area contributed by atoms with Gasteiger partial charge >= 0.3 is 11.9 Å². The summed E-state index contributed by atoms with van der Waals surface area (Å²) in [7, 11) is -2.58. The smallest absolute Gasteiger partial charge is 0.309 e. The molecule has 0 aromatic heterocycles. The molecule has 10 nitrogen and oxygen atoms in total. The lowest BCUT2D eigenvalue weighted by Gasteiger charge is -2.73. The fourth-order valence-electron chi connectivity index (χ4n) is 17.9. The lowest BCUT2D eigenvalue weighted by molar-refractivity contribution is -0.252. The molecule has 354 valence electrons. The third kappa shape index (κ3) is 6.92. The first-order valence-electron chi connectivity index (χ1n) is 25.5. The molecule has 8 aliphatic carbocycles. The Morgan fingerprint density at radius 2 is 1.35 bits per heavy atom. The maximum Gasteiger partial charge on any atom is 0.309 e. The fraction of sp³-hybridized carbons (Fsp3) is 0.923. The van der Waals surface area contributed by atoms with Gasteiger partial charge in [-0.1, -0.05) is 62.3 Å². The second kappa shape index (κ2) is 15.0. The second-order valence-corrected chi connectivity index (χ2v) is 28.9. The Hall–Kier alpha value is -1.93. The molecule has 0 unspecified atom stereocenters. The molecule has 14 atom stereocenters. The highest BCUT2D eigenvalue weighted by Gasteiger charge is 2.73. The van der Waals surface area contributed by atoms with Gasteiger partial charge in [0.25, 0.3) is 0 Å². The predicted octanol–water partition coefficient (Wildman–Crippen LogP) is 10.2. The monoisotopic (exact) mass is 895 g/mol. The van der Waals surface area contributed by atoms with Crippen molar-refractivity contribution in [3.05, 3.63) is 0 Å². The molecule has 9 aliphatic rings. The summed E-state index contributed by atoms with van der Waals surface area (Å²) in [5, 5.41) is 13.4. The minimum atomic E-state index is -2.58. The number of nitrogens with zero attached hydrogens (tertiary/aromatic N) is 1. The molecule has 1 saturated heterocycles. The second-order valence-electron chi connectivity index (χ2n) is 26.2. The average Bonchev–Trinajstić information content (AvgIpc) is 3.95. The first kappa shape index (κ1) is 46.2. The minimum absolute atomic E-state index is 0.0164. The fourth-order valence-corrected chi connectivity index (χ4v) is 18.8. The van der Waals surface area contributed by atoms with Gasteiger partial charge in [-0.05, 0) is 165 Å². The Bertz CT molecular complexity index is 1930. The van der Waals surface area contributed by atoms with Crippen molar-refractivity contribution < 1.29 is 38.1 Å². The molecule has 9 fully saturated rings. The van der Waals surface area contributed by atoms with Crippen LogP contribution in [0.4, 0.5) is 0 Å². The van der Waals surface area contributed by atoms with Crippen LogP contribution in [0.15, 0.2) is 0 Å².